The van der Waals surface area contributed by atoms with Gasteiger partial charge in [0.05, 0.1) is 12.6 Å². The van der Waals surface area contributed by atoms with E-state index in [9.17, 15) is 9.59 Å². The van der Waals surface area contributed by atoms with Crippen molar-refractivity contribution < 1.29 is 14.3 Å². The SMILES string of the molecule is CCC(Cc1ccccc1)C(=O)NC(CC(C)C)C(=O)C1(C)CO1. The molecule has 0 radical (unpaired) electrons. The van der Waals surface area contributed by atoms with Crippen LogP contribution < -0.4 is 5.32 Å². The molecule has 0 aliphatic carbocycles. The van der Waals surface area contributed by atoms with Crippen LogP contribution in [-0.4, -0.2) is 29.9 Å². The van der Waals surface area contributed by atoms with E-state index in [1.165, 1.54) is 0 Å². The minimum Gasteiger partial charge on any atom is -0.361 e. The van der Waals surface area contributed by atoms with Crippen molar-refractivity contribution in [3.63, 3.8) is 0 Å². The molecule has 0 saturated carbocycles. The molecule has 1 aromatic carbocycles. The van der Waals surface area contributed by atoms with Gasteiger partial charge in [0.25, 0.3) is 0 Å². The van der Waals surface area contributed by atoms with Gasteiger partial charge in [-0.2, -0.15) is 0 Å². The minimum atomic E-state index is -0.700. The summed E-state index contributed by atoms with van der Waals surface area (Å²) in [5, 5.41) is 3.00. The van der Waals surface area contributed by atoms with Gasteiger partial charge in [-0.3, -0.25) is 9.59 Å². The molecule has 3 unspecified atom stereocenters. The first-order valence-corrected chi connectivity index (χ1v) is 8.88. The number of carbonyl (C=O) groups is 2. The van der Waals surface area contributed by atoms with E-state index in [0.717, 1.165) is 12.0 Å². The second-order valence-corrected chi connectivity index (χ2v) is 7.37. The summed E-state index contributed by atoms with van der Waals surface area (Å²) in [6.07, 6.45) is 2.09. The van der Waals surface area contributed by atoms with Crippen LogP contribution in [0.2, 0.25) is 0 Å². The van der Waals surface area contributed by atoms with Gasteiger partial charge in [0.15, 0.2) is 5.78 Å². The fourth-order valence-corrected chi connectivity index (χ4v) is 2.93. The Hall–Kier alpha value is -1.68. The van der Waals surface area contributed by atoms with E-state index in [-0.39, 0.29) is 17.6 Å². The Kier molecular flexibility index (Phi) is 6.16. The molecular formula is C20H29NO3. The monoisotopic (exact) mass is 331 g/mol. The van der Waals surface area contributed by atoms with Gasteiger partial charge in [0.2, 0.25) is 5.91 Å². The summed E-state index contributed by atoms with van der Waals surface area (Å²) in [6, 6.07) is 9.54. The maximum Gasteiger partial charge on any atom is 0.224 e. The standard InChI is InChI=1S/C20H29NO3/c1-5-16(12-15-9-7-6-8-10-15)19(23)21-17(11-14(2)3)18(22)20(4)13-24-20/h6-10,14,16-17H,5,11-13H2,1-4H3,(H,21,23). The van der Waals surface area contributed by atoms with Gasteiger partial charge in [-0.25, -0.2) is 0 Å². The Labute approximate surface area is 145 Å². The van der Waals surface area contributed by atoms with Crippen molar-refractivity contribution in [3.05, 3.63) is 35.9 Å². The summed E-state index contributed by atoms with van der Waals surface area (Å²) >= 11 is 0. The average Bonchev–Trinajstić information content (AvgIpc) is 3.30. The van der Waals surface area contributed by atoms with Crippen LogP contribution in [0.5, 0.6) is 0 Å². The topological polar surface area (TPSA) is 58.7 Å². The number of epoxide rings is 1. The second-order valence-electron chi connectivity index (χ2n) is 7.37. The molecule has 0 spiro atoms. The Morgan fingerprint density at radius 1 is 1.25 bits per heavy atom. The molecule has 1 aromatic rings. The molecule has 1 aliphatic rings. The van der Waals surface area contributed by atoms with Crippen LogP contribution in [0, 0.1) is 11.8 Å². The molecule has 3 atom stereocenters. The number of carbonyl (C=O) groups excluding carboxylic acids is 2. The van der Waals surface area contributed by atoms with Crippen molar-refractivity contribution in [1.29, 1.82) is 0 Å². The Bertz CT molecular complexity index is 564. The highest BCUT2D eigenvalue weighted by molar-refractivity contribution is 5.96. The van der Waals surface area contributed by atoms with Gasteiger partial charge < -0.3 is 10.1 Å². The number of ether oxygens (including phenoxy) is 1. The van der Waals surface area contributed by atoms with Crippen molar-refractivity contribution in [2.24, 2.45) is 11.8 Å². The lowest BCUT2D eigenvalue weighted by Crippen LogP contribution is -2.48. The first kappa shape index (κ1) is 18.7. The van der Waals surface area contributed by atoms with Crippen molar-refractivity contribution in [3.8, 4) is 0 Å². The van der Waals surface area contributed by atoms with E-state index in [4.69, 9.17) is 4.74 Å². The Morgan fingerprint density at radius 3 is 2.38 bits per heavy atom. The number of ketones is 1. The van der Waals surface area contributed by atoms with Crippen LogP contribution in [0.25, 0.3) is 0 Å². The van der Waals surface area contributed by atoms with Gasteiger partial charge in [0, 0.05) is 5.92 Å². The molecule has 1 amide bonds. The van der Waals surface area contributed by atoms with Crippen LogP contribution >= 0.6 is 0 Å². The van der Waals surface area contributed by atoms with Gasteiger partial charge in [-0.05, 0) is 37.7 Å². The zero-order valence-corrected chi connectivity index (χ0v) is 15.2. The summed E-state index contributed by atoms with van der Waals surface area (Å²) in [7, 11) is 0. The zero-order valence-electron chi connectivity index (χ0n) is 15.2. The maximum atomic E-state index is 12.7. The molecule has 132 valence electrons. The highest BCUT2D eigenvalue weighted by atomic mass is 16.6. The number of hydrogen-bond donors (Lipinski definition) is 1. The molecule has 2 rings (SSSR count). The third kappa shape index (κ3) is 4.91. The van der Waals surface area contributed by atoms with Crippen molar-refractivity contribution in [2.75, 3.05) is 6.61 Å². The summed E-state index contributed by atoms with van der Waals surface area (Å²) in [5.41, 5.74) is 0.442. The molecule has 0 bridgehead atoms. The molecule has 0 aromatic heterocycles. The molecule has 1 fully saturated rings. The van der Waals surface area contributed by atoms with E-state index in [1.54, 1.807) is 6.92 Å². The number of rotatable bonds is 9. The van der Waals surface area contributed by atoms with Crippen LogP contribution in [0.15, 0.2) is 30.3 Å². The molecule has 1 aliphatic heterocycles. The van der Waals surface area contributed by atoms with Crippen LogP contribution in [-0.2, 0) is 20.7 Å². The highest BCUT2D eigenvalue weighted by Crippen LogP contribution is 2.29. The molecule has 4 nitrogen and oxygen atoms in total. The summed E-state index contributed by atoms with van der Waals surface area (Å²) in [5.74, 6) is 0.169. The van der Waals surface area contributed by atoms with E-state index in [2.05, 4.69) is 19.2 Å². The van der Waals surface area contributed by atoms with Gasteiger partial charge in [0.1, 0.15) is 5.60 Å². The lowest BCUT2D eigenvalue weighted by atomic mass is 9.91. The minimum absolute atomic E-state index is 0.000820. The first-order valence-electron chi connectivity index (χ1n) is 8.88. The van der Waals surface area contributed by atoms with Crippen LogP contribution in [0.4, 0.5) is 0 Å². The Morgan fingerprint density at radius 2 is 1.88 bits per heavy atom. The van der Waals surface area contributed by atoms with Crippen LogP contribution in [0.3, 0.4) is 0 Å². The normalized spacial score (nSPS) is 22.0. The summed E-state index contributed by atoms with van der Waals surface area (Å²) in [4.78, 5) is 25.3. The third-order valence-corrected chi connectivity index (χ3v) is 4.63. The molecule has 24 heavy (non-hydrogen) atoms. The predicted molar refractivity (Wildman–Crippen MR) is 94.7 cm³/mol. The highest BCUT2D eigenvalue weighted by Gasteiger charge is 2.50. The fraction of sp³-hybridized carbons (Fsp3) is 0.600. The molecular weight excluding hydrogens is 302 g/mol. The quantitative estimate of drug-likeness (QED) is 0.707. The molecule has 1 heterocycles. The molecule has 4 heteroatoms. The van der Waals surface area contributed by atoms with Crippen molar-refractivity contribution in [1.82, 2.24) is 5.32 Å². The third-order valence-electron chi connectivity index (χ3n) is 4.63. The zero-order chi connectivity index (χ0) is 17.7. The van der Waals surface area contributed by atoms with E-state index in [1.807, 2.05) is 37.3 Å². The number of amides is 1. The number of nitrogens with one attached hydrogen (secondary N) is 1. The largest absolute Gasteiger partial charge is 0.361 e. The number of Topliss-reactive ketones (excluding diaryl/α,β-unsaturated/α-hetero) is 1. The maximum absolute atomic E-state index is 12.7. The van der Waals surface area contributed by atoms with E-state index >= 15 is 0 Å². The Balaban J connectivity index is 2.03. The number of benzene rings is 1. The van der Waals surface area contributed by atoms with Gasteiger partial charge in [-0.15, -0.1) is 0 Å². The second kappa shape index (κ2) is 7.93. The summed E-state index contributed by atoms with van der Waals surface area (Å²) in [6.45, 7) is 8.39. The number of hydrogen-bond acceptors (Lipinski definition) is 3. The van der Waals surface area contributed by atoms with E-state index in [0.29, 0.717) is 25.4 Å². The van der Waals surface area contributed by atoms with Gasteiger partial charge >= 0.3 is 0 Å². The van der Waals surface area contributed by atoms with E-state index < -0.39 is 11.6 Å². The molecule has 1 saturated heterocycles. The van der Waals surface area contributed by atoms with Gasteiger partial charge in [-0.1, -0.05) is 51.1 Å². The lowest BCUT2D eigenvalue weighted by molar-refractivity contribution is -0.132. The van der Waals surface area contributed by atoms with Crippen molar-refractivity contribution in [2.45, 2.75) is 58.6 Å². The van der Waals surface area contributed by atoms with Crippen molar-refractivity contribution >= 4 is 11.7 Å². The first-order chi connectivity index (χ1) is 11.4. The summed E-state index contributed by atoms with van der Waals surface area (Å²) < 4.78 is 5.28. The fourth-order valence-electron chi connectivity index (χ4n) is 2.93. The van der Waals surface area contributed by atoms with Crippen LogP contribution in [0.1, 0.15) is 46.1 Å². The average molecular weight is 331 g/mol. The predicted octanol–water partition coefficient (Wildman–Crippen LogP) is 3.14. The molecule has 1 N–H and O–H groups in total. The lowest BCUT2D eigenvalue weighted by Gasteiger charge is -2.24. The smallest absolute Gasteiger partial charge is 0.224 e.